The minimum atomic E-state index is -2.36. The fourth-order valence-electron chi connectivity index (χ4n) is 1.34. The highest BCUT2D eigenvalue weighted by Crippen LogP contribution is 2.21. The van der Waals surface area contributed by atoms with Crippen LogP contribution in [0.3, 0.4) is 0 Å². The highest BCUT2D eigenvalue weighted by molar-refractivity contribution is 5.67. The molecule has 1 fully saturated rings. The van der Waals surface area contributed by atoms with Gasteiger partial charge >= 0.3 is 5.97 Å². The number of hydrogen-bond acceptors (Lipinski definition) is 2. The van der Waals surface area contributed by atoms with Crippen LogP contribution in [0.15, 0.2) is 0 Å². The van der Waals surface area contributed by atoms with E-state index >= 15 is 0 Å². The Morgan fingerprint density at radius 1 is 1.67 bits per heavy atom. The van der Waals surface area contributed by atoms with Gasteiger partial charge in [0, 0.05) is 12.6 Å². The van der Waals surface area contributed by atoms with Crippen molar-refractivity contribution in [2.75, 3.05) is 13.1 Å². The average molecular weight is 179 g/mol. The van der Waals surface area contributed by atoms with Crippen molar-refractivity contribution in [3.8, 4) is 0 Å². The molecule has 1 rings (SSSR count). The fourth-order valence-corrected chi connectivity index (χ4v) is 1.34. The van der Waals surface area contributed by atoms with Crippen molar-refractivity contribution in [2.24, 2.45) is 0 Å². The van der Waals surface area contributed by atoms with Crippen LogP contribution >= 0.6 is 0 Å². The first kappa shape index (κ1) is 9.38. The van der Waals surface area contributed by atoms with Gasteiger partial charge in [-0.25, -0.2) is 8.78 Å². The Balaban J connectivity index is 2.24. The van der Waals surface area contributed by atoms with Gasteiger partial charge in [0.15, 0.2) is 0 Å². The summed E-state index contributed by atoms with van der Waals surface area (Å²) in [6, 6.07) is -0.170. The lowest BCUT2D eigenvalue weighted by Crippen LogP contribution is -2.50. The molecule has 0 aromatic rings. The van der Waals surface area contributed by atoms with Gasteiger partial charge in [-0.15, -0.1) is 0 Å². The quantitative estimate of drug-likeness (QED) is 0.694. The lowest BCUT2D eigenvalue weighted by atomic mass is 10.00. The highest BCUT2D eigenvalue weighted by Gasteiger charge is 2.31. The van der Waals surface area contributed by atoms with Gasteiger partial charge < -0.3 is 5.11 Å². The number of hydrogen-bond donors (Lipinski definition) is 1. The number of rotatable bonds is 4. The zero-order valence-corrected chi connectivity index (χ0v) is 6.54. The minimum absolute atomic E-state index is 0.0211. The van der Waals surface area contributed by atoms with E-state index in [4.69, 9.17) is 5.11 Å². The Labute approximate surface area is 69.0 Å². The normalized spacial score (nSPS) is 24.1. The lowest BCUT2D eigenvalue weighted by molar-refractivity contribution is -0.140. The van der Waals surface area contributed by atoms with Crippen molar-refractivity contribution in [3.05, 3.63) is 0 Å². The Morgan fingerprint density at radius 3 is 2.67 bits per heavy atom. The van der Waals surface area contributed by atoms with Gasteiger partial charge in [-0.3, -0.25) is 9.69 Å². The first-order chi connectivity index (χ1) is 5.59. The summed E-state index contributed by atoms with van der Waals surface area (Å²) in [6.45, 7) is 0.306. The summed E-state index contributed by atoms with van der Waals surface area (Å²) in [5.74, 6) is -0.918. The monoisotopic (exact) mass is 179 g/mol. The van der Waals surface area contributed by atoms with Crippen molar-refractivity contribution in [2.45, 2.75) is 25.3 Å². The molecule has 1 atom stereocenters. The lowest BCUT2D eigenvalue weighted by Gasteiger charge is -2.39. The van der Waals surface area contributed by atoms with E-state index < -0.39 is 12.4 Å². The van der Waals surface area contributed by atoms with Crippen molar-refractivity contribution in [1.29, 1.82) is 0 Å². The molecule has 0 amide bonds. The smallest absolute Gasteiger partial charge is 0.304 e. The molecule has 0 aliphatic carbocycles. The Hall–Kier alpha value is -0.710. The maximum Gasteiger partial charge on any atom is 0.304 e. The minimum Gasteiger partial charge on any atom is -0.481 e. The zero-order chi connectivity index (χ0) is 9.14. The number of alkyl halides is 2. The van der Waals surface area contributed by atoms with Crippen LogP contribution in [0.2, 0.25) is 0 Å². The second-order valence-corrected chi connectivity index (χ2v) is 2.93. The first-order valence-corrected chi connectivity index (χ1v) is 3.83. The first-order valence-electron chi connectivity index (χ1n) is 3.83. The molecule has 1 heterocycles. The zero-order valence-electron chi connectivity index (χ0n) is 6.54. The molecule has 0 saturated carbocycles. The van der Waals surface area contributed by atoms with Crippen LogP contribution < -0.4 is 0 Å². The maximum atomic E-state index is 11.8. The SMILES string of the molecule is O=C(O)CC1CCN1CC(F)F. The molecule has 1 saturated heterocycles. The standard InChI is InChI=1S/C7H11F2NO2/c8-6(9)4-10-2-1-5(10)3-7(11)12/h5-6H,1-4H2,(H,11,12). The molecule has 0 radical (unpaired) electrons. The second kappa shape index (κ2) is 3.80. The maximum absolute atomic E-state index is 11.8. The van der Waals surface area contributed by atoms with E-state index in [0.29, 0.717) is 6.54 Å². The molecule has 0 bridgehead atoms. The topological polar surface area (TPSA) is 40.5 Å². The third-order valence-electron chi connectivity index (χ3n) is 2.05. The molecular formula is C7H11F2NO2. The average Bonchev–Trinajstić information content (AvgIpc) is 1.93. The molecule has 5 heteroatoms. The van der Waals surface area contributed by atoms with E-state index in [1.807, 2.05) is 0 Å². The summed E-state index contributed by atoms with van der Waals surface area (Å²) in [7, 11) is 0. The van der Waals surface area contributed by atoms with Gasteiger partial charge in [-0.05, 0) is 6.42 Å². The third-order valence-corrected chi connectivity index (χ3v) is 2.05. The highest BCUT2D eigenvalue weighted by atomic mass is 19.3. The van der Waals surface area contributed by atoms with E-state index in [2.05, 4.69) is 0 Å². The van der Waals surface area contributed by atoms with Gasteiger partial charge in [0.1, 0.15) is 0 Å². The van der Waals surface area contributed by atoms with Crippen LogP contribution in [0.4, 0.5) is 8.78 Å². The number of aliphatic carboxylic acids is 1. The molecule has 1 aliphatic rings. The van der Waals surface area contributed by atoms with Gasteiger partial charge in [0.2, 0.25) is 0 Å². The van der Waals surface area contributed by atoms with Crippen molar-refractivity contribution in [1.82, 2.24) is 4.90 Å². The summed E-state index contributed by atoms with van der Waals surface area (Å²) in [5, 5.41) is 8.39. The van der Waals surface area contributed by atoms with E-state index in [1.165, 1.54) is 4.90 Å². The number of carbonyl (C=O) groups is 1. The van der Waals surface area contributed by atoms with Crippen LogP contribution in [0, 0.1) is 0 Å². The Kier molecular flexibility index (Phi) is 2.97. The van der Waals surface area contributed by atoms with E-state index in [9.17, 15) is 13.6 Å². The largest absolute Gasteiger partial charge is 0.481 e. The van der Waals surface area contributed by atoms with Crippen LogP contribution in [0.1, 0.15) is 12.8 Å². The van der Waals surface area contributed by atoms with Crippen molar-refractivity contribution >= 4 is 5.97 Å². The predicted octanol–water partition coefficient (Wildman–Crippen LogP) is 0.800. The summed E-state index contributed by atoms with van der Waals surface area (Å²) in [4.78, 5) is 11.7. The number of carboxylic acid groups (broad SMARTS) is 1. The van der Waals surface area contributed by atoms with Gasteiger partial charge in [0.05, 0.1) is 13.0 Å². The molecule has 0 spiro atoms. The Morgan fingerprint density at radius 2 is 2.33 bits per heavy atom. The molecular weight excluding hydrogens is 168 g/mol. The Bertz CT molecular complexity index is 175. The number of halogens is 2. The van der Waals surface area contributed by atoms with Crippen LogP contribution in [0.25, 0.3) is 0 Å². The van der Waals surface area contributed by atoms with Crippen LogP contribution in [0.5, 0.6) is 0 Å². The summed E-state index contributed by atoms with van der Waals surface area (Å²) < 4.78 is 23.7. The number of carboxylic acids is 1. The molecule has 1 aliphatic heterocycles. The summed E-state index contributed by atoms with van der Waals surface area (Å²) >= 11 is 0. The molecule has 1 N–H and O–H groups in total. The predicted molar refractivity (Wildman–Crippen MR) is 38.2 cm³/mol. The van der Waals surface area contributed by atoms with E-state index in [-0.39, 0.29) is 19.0 Å². The van der Waals surface area contributed by atoms with E-state index in [1.54, 1.807) is 0 Å². The van der Waals surface area contributed by atoms with Crippen molar-refractivity contribution < 1.29 is 18.7 Å². The molecule has 1 unspecified atom stereocenters. The summed E-state index contributed by atoms with van der Waals surface area (Å²) in [6.07, 6.45) is -1.66. The molecule has 12 heavy (non-hydrogen) atoms. The van der Waals surface area contributed by atoms with E-state index in [0.717, 1.165) is 6.42 Å². The fraction of sp³-hybridized carbons (Fsp3) is 0.857. The number of likely N-dealkylation sites (tertiary alicyclic amines) is 1. The molecule has 0 aromatic carbocycles. The van der Waals surface area contributed by atoms with Gasteiger partial charge in [-0.1, -0.05) is 0 Å². The molecule has 0 aromatic heterocycles. The molecule has 70 valence electrons. The molecule has 3 nitrogen and oxygen atoms in total. The van der Waals surface area contributed by atoms with Crippen LogP contribution in [-0.4, -0.2) is 41.5 Å². The second-order valence-electron chi connectivity index (χ2n) is 2.93. The van der Waals surface area contributed by atoms with Gasteiger partial charge in [-0.2, -0.15) is 0 Å². The van der Waals surface area contributed by atoms with Crippen LogP contribution in [-0.2, 0) is 4.79 Å². The van der Waals surface area contributed by atoms with Crippen molar-refractivity contribution in [3.63, 3.8) is 0 Å². The number of nitrogens with zero attached hydrogens (tertiary/aromatic N) is 1. The summed E-state index contributed by atoms with van der Waals surface area (Å²) in [5.41, 5.74) is 0. The van der Waals surface area contributed by atoms with Gasteiger partial charge in [0.25, 0.3) is 6.43 Å². The third kappa shape index (κ3) is 2.41.